The number of nitrogens with zero attached hydrogens (tertiary/aromatic N) is 1. The molecule has 1 N–H and O–H groups in total. The number of carbonyl (C=O) groups is 1. The molecule has 0 saturated carbocycles. The quantitative estimate of drug-likeness (QED) is 0.772. The summed E-state index contributed by atoms with van der Waals surface area (Å²) in [7, 11) is -3.61. The van der Waals surface area contributed by atoms with Gasteiger partial charge in [-0.25, -0.2) is 12.8 Å². The summed E-state index contributed by atoms with van der Waals surface area (Å²) >= 11 is 0. The van der Waals surface area contributed by atoms with E-state index in [1.165, 1.54) is 12.1 Å². The Hall–Kier alpha value is -2.65. The highest BCUT2D eigenvalue weighted by Crippen LogP contribution is 2.32. The molecule has 1 aliphatic rings. The number of halogens is 1. The number of amides is 1. The van der Waals surface area contributed by atoms with Crippen LogP contribution in [-0.2, 0) is 27.9 Å². The van der Waals surface area contributed by atoms with Gasteiger partial charge in [0, 0.05) is 13.1 Å². The van der Waals surface area contributed by atoms with Crippen LogP contribution in [0.2, 0.25) is 0 Å². The van der Waals surface area contributed by atoms with E-state index in [1.807, 2.05) is 0 Å². The van der Waals surface area contributed by atoms with Gasteiger partial charge in [-0.15, -0.1) is 0 Å². The molecule has 0 unspecified atom stereocenters. The molecule has 9 heteroatoms. The minimum Gasteiger partial charge on any atom is -0.454 e. The molecule has 0 atom stereocenters. The minimum atomic E-state index is -3.61. The molecular weight excluding hydrogens is 375 g/mol. The Morgan fingerprint density at radius 3 is 2.48 bits per heavy atom. The molecule has 0 bridgehead atoms. The average Bonchev–Trinajstić information content (AvgIpc) is 3.07. The number of carbonyl (C=O) groups excluding carboxylic acids is 1. The first-order chi connectivity index (χ1) is 12.8. The molecule has 0 saturated heterocycles. The van der Waals surface area contributed by atoms with Crippen LogP contribution in [0.3, 0.4) is 0 Å². The molecule has 0 fully saturated rings. The van der Waals surface area contributed by atoms with Crippen molar-refractivity contribution in [1.29, 1.82) is 0 Å². The normalized spacial score (nSPS) is 13.0. The van der Waals surface area contributed by atoms with Crippen LogP contribution in [0.25, 0.3) is 0 Å². The molecule has 7 nitrogen and oxygen atoms in total. The number of ether oxygens (including phenoxy) is 2. The summed E-state index contributed by atoms with van der Waals surface area (Å²) in [6.07, 6.45) is 1.05. The van der Waals surface area contributed by atoms with Crippen molar-refractivity contribution < 1.29 is 27.1 Å². The Morgan fingerprint density at radius 1 is 1.11 bits per heavy atom. The Morgan fingerprint density at radius 2 is 1.78 bits per heavy atom. The maximum absolute atomic E-state index is 12.9. The summed E-state index contributed by atoms with van der Waals surface area (Å²) in [6.45, 7) is 0.00895. The lowest BCUT2D eigenvalue weighted by molar-refractivity contribution is -0.121. The van der Waals surface area contributed by atoms with Crippen molar-refractivity contribution in [3.8, 4) is 11.5 Å². The van der Waals surface area contributed by atoms with Crippen LogP contribution < -0.4 is 14.8 Å². The topological polar surface area (TPSA) is 84.9 Å². The Labute approximate surface area is 156 Å². The van der Waals surface area contributed by atoms with Gasteiger partial charge in [-0.1, -0.05) is 18.2 Å². The molecule has 2 aromatic rings. The van der Waals surface area contributed by atoms with Crippen LogP contribution in [0.4, 0.5) is 4.39 Å². The van der Waals surface area contributed by atoms with Gasteiger partial charge in [0.1, 0.15) is 5.82 Å². The summed E-state index contributed by atoms with van der Waals surface area (Å²) in [5, 5.41) is 2.64. The van der Waals surface area contributed by atoms with E-state index < -0.39 is 15.9 Å². The van der Waals surface area contributed by atoms with E-state index in [-0.39, 0.29) is 32.2 Å². The van der Waals surface area contributed by atoms with Crippen LogP contribution in [0, 0.1) is 5.82 Å². The maximum Gasteiger partial charge on any atom is 0.235 e. The zero-order valence-corrected chi connectivity index (χ0v) is 15.5. The molecule has 0 spiro atoms. The van der Waals surface area contributed by atoms with Crippen LogP contribution in [0.15, 0.2) is 42.5 Å². The highest BCUT2D eigenvalue weighted by molar-refractivity contribution is 7.88. The summed E-state index contributed by atoms with van der Waals surface area (Å²) in [6, 6.07) is 10.8. The molecule has 144 valence electrons. The van der Waals surface area contributed by atoms with Gasteiger partial charge >= 0.3 is 0 Å². The van der Waals surface area contributed by atoms with Crippen molar-refractivity contribution in [3.05, 3.63) is 59.4 Å². The number of rotatable bonds is 7. The first kappa shape index (κ1) is 19.1. The number of hydrogen-bond acceptors (Lipinski definition) is 5. The molecule has 0 radical (unpaired) electrons. The fourth-order valence-electron chi connectivity index (χ4n) is 2.55. The third-order valence-electron chi connectivity index (χ3n) is 3.99. The molecule has 2 aromatic carbocycles. The van der Waals surface area contributed by atoms with Crippen molar-refractivity contribution in [2.75, 3.05) is 19.6 Å². The molecule has 0 aromatic heterocycles. The van der Waals surface area contributed by atoms with Crippen molar-refractivity contribution >= 4 is 15.9 Å². The number of nitrogens with one attached hydrogen (secondary N) is 1. The van der Waals surface area contributed by atoms with E-state index in [9.17, 15) is 17.6 Å². The molecule has 1 heterocycles. The zero-order chi connectivity index (χ0) is 19.4. The minimum absolute atomic E-state index is 0.0272. The average molecular weight is 394 g/mol. The second-order valence-corrected chi connectivity index (χ2v) is 8.10. The van der Waals surface area contributed by atoms with Crippen LogP contribution in [0.1, 0.15) is 11.1 Å². The fourth-order valence-corrected chi connectivity index (χ4v) is 3.29. The third kappa shape index (κ3) is 5.18. The molecule has 1 amide bonds. The second kappa shape index (κ2) is 7.93. The van der Waals surface area contributed by atoms with Gasteiger partial charge in [-0.3, -0.25) is 4.79 Å². The number of fused-ring (bicyclic) bond motifs is 1. The van der Waals surface area contributed by atoms with Crippen molar-refractivity contribution in [3.63, 3.8) is 0 Å². The molecular formula is C18H19FN2O5S. The van der Waals surface area contributed by atoms with Crippen LogP contribution in [-0.4, -0.2) is 38.2 Å². The molecule has 0 aliphatic carbocycles. The lowest BCUT2D eigenvalue weighted by Gasteiger charge is -2.19. The monoisotopic (exact) mass is 394 g/mol. The lowest BCUT2D eigenvalue weighted by atomic mass is 10.2. The van der Waals surface area contributed by atoms with E-state index >= 15 is 0 Å². The number of benzene rings is 2. The van der Waals surface area contributed by atoms with Gasteiger partial charge in [0.2, 0.25) is 22.7 Å². The maximum atomic E-state index is 12.9. The van der Waals surface area contributed by atoms with Gasteiger partial charge in [-0.05, 0) is 35.4 Å². The Kier molecular flexibility index (Phi) is 5.62. The van der Waals surface area contributed by atoms with Crippen molar-refractivity contribution in [1.82, 2.24) is 9.62 Å². The zero-order valence-electron chi connectivity index (χ0n) is 14.6. The van der Waals surface area contributed by atoms with Crippen LogP contribution >= 0.6 is 0 Å². The molecule has 1 aliphatic heterocycles. The smallest absolute Gasteiger partial charge is 0.235 e. The predicted octanol–water partition coefficient (Wildman–Crippen LogP) is 1.63. The van der Waals surface area contributed by atoms with Crippen molar-refractivity contribution in [2.45, 2.75) is 13.1 Å². The van der Waals surface area contributed by atoms with Gasteiger partial charge in [-0.2, -0.15) is 4.31 Å². The molecule has 27 heavy (non-hydrogen) atoms. The summed E-state index contributed by atoms with van der Waals surface area (Å²) in [5.74, 6) is 0.325. The third-order valence-corrected chi connectivity index (χ3v) is 5.18. The number of sulfonamides is 1. The first-order valence-electron chi connectivity index (χ1n) is 8.16. The SMILES string of the molecule is CS(=O)(=O)N(CC(=O)NCc1ccc(F)cc1)Cc1ccc2c(c1)OCO2. The Balaban J connectivity index is 1.62. The largest absolute Gasteiger partial charge is 0.454 e. The van der Waals surface area contributed by atoms with E-state index in [0.29, 0.717) is 22.6 Å². The standard InChI is InChI=1S/C18H19FN2O5S/c1-27(23,24)21(10-14-4-7-16-17(8-14)26-12-25-16)11-18(22)20-9-13-2-5-15(19)6-3-13/h2-8H,9-12H2,1H3,(H,20,22). The summed E-state index contributed by atoms with van der Waals surface area (Å²) < 4.78 is 48.6. The van der Waals surface area contributed by atoms with Gasteiger partial charge in [0.15, 0.2) is 11.5 Å². The van der Waals surface area contributed by atoms with E-state index in [2.05, 4.69) is 5.32 Å². The predicted molar refractivity (Wildman–Crippen MR) is 96.1 cm³/mol. The lowest BCUT2D eigenvalue weighted by Crippen LogP contribution is -2.39. The number of hydrogen-bond donors (Lipinski definition) is 1. The van der Waals surface area contributed by atoms with Gasteiger partial charge in [0.05, 0.1) is 12.8 Å². The fraction of sp³-hybridized carbons (Fsp3) is 0.278. The second-order valence-electron chi connectivity index (χ2n) is 6.12. The summed E-state index contributed by atoms with van der Waals surface area (Å²) in [5.41, 5.74) is 1.39. The van der Waals surface area contributed by atoms with E-state index in [0.717, 1.165) is 10.6 Å². The highest BCUT2D eigenvalue weighted by Gasteiger charge is 2.22. The van der Waals surface area contributed by atoms with Gasteiger partial charge < -0.3 is 14.8 Å². The molecule has 3 rings (SSSR count). The van der Waals surface area contributed by atoms with E-state index in [1.54, 1.807) is 30.3 Å². The first-order valence-corrected chi connectivity index (χ1v) is 10.0. The summed E-state index contributed by atoms with van der Waals surface area (Å²) in [4.78, 5) is 12.2. The van der Waals surface area contributed by atoms with E-state index in [4.69, 9.17) is 9.47 Å². The van der Waals surface area contributed by atoms with Crippen LogP contribution in [0.5, 0.6) is 11.5 Å². The highest BCUT2D eigenvalue weighted by atomic mass is 32.2. The van der Waals surface area contributed by atoms with Crippen molar-refractivity contribution in [2.24, 2.45) is 0 Å². The van der Waals surface area contributed by atoms with Gasteiger partial charge in [0.25, 0.3) is 0 Å². The Bertz CT molecular complexity index is 931.